The van der Waals surface area contributed by atoms with Crippen LogP contribution < -0.4 is 5.43 Å². The number of hydrazine groups is 1. The zero-order valence-corrected chi connectivity index (χ0v) is 8.63. The van der Waals surface area contributed by atoms with E-state index < -0.39 is 0 Å². The van der Waals surface area contributed by atoms with E-state index in [0.717, 1.165) is 6.54 Å². The highest BCUT2D eigenvalue weighted by molar-refractivity contribution is 5.80. The molecule has 0 aromatic rings. The average molecular weight is 182 g/mol. The fourth-order valence-electron chi connectivity index (χ4n) is 2.10. The van der Waals surface area contributed by atoms with Crippen molar-refractivity contribution in [2.45, 2.75) is 39.7 Å². The molecule has 1 unspecified atom stereocenters. The van der Waals surface area contributed by atoms with Crippen molar-refractivity contribution in [2.75, 3.05) is 6.54 Å². The van der Waals surface area contributed by atoms with Crippen LogP contribution in [0.3, 0.4) is 0 Å². The molecule has 3 heteroatoms. The summed E-state index contributed by atoms with van der Waals surface area (Å²) in [5.74, 6) is 0.417. The first-order valence-electron chi connectivity index (χ1n) is 5.12. The number of amides is 1. The van der Waals surface area contributed by atoms with Crippen molar-refractivity contribution in [3.63, 3.8) is 0 Å². The molecular formula is C10H18N2O. The van der Waals surface area contributed by atoms with Gasteiger partial charge in [-0.2, -0.15) is 0 Å². The summed E-state index contributed by atoms with van der Waals surface area (Å²) in [4.78, 5) is 11.6. The third-order valence-corrected chi connectivity index (χ3v) is 3.57. The second-order valence-corrected chi connectivity index (χ2v) is 4.78. The van der Waals surface area contributed by atoms with Gasteiger partial charge in [0.25, 0.3) is 0 Å². The molecule has 1 aliphatic carbocycles. The van der Waals surface area contributed by atoms with Gasteiger partial charge in [-0.25, -0.2) is 5.01 Å². The molecule has 2 rings (SSSR count). The van der Waals surface area contributed by atoms with E-state index in [1.54, 1.807) is 0 Å². The highest BCUT2D eigenvalue weighted by atomic mass is 16.2. The fraction of sp³-hybridized carbons (Fsp3) is 0.900. The molecule has 1 saturated carbocycles. The van der Waals surface area contributed by atoms with Crippen LogP contribution in [-0.2, 0) is 4.79 Å². The summed E-state index contributed by atoms with van der Waals surface area (Å²) in [5.41, 5.74) is 3.28. The molecule has 1 aliphatic heterocycles. The van der Waals surface area contributed by atoms with Crippen molar-refractivity contribution in [2.24, 2.45) is 11.3 Å². The molecular weight excluding hydrogens is 164 g/mol. The van der Waals surface area contributed by atoms with Crippen LogP contribution in [0.1, 0.15) is 33.6 Å². The molecule has 2 fully saturated rings. The minimum atomic E-state index is 0.206. The molecule has 0 aromatic heterocycles. The first-order chi connectivity index (χ1) is 6.05. The number of nitrogens with zero attached hydrogens (tertiary/aromatic N) is 1. The smallest absolute Gasteiger partial charge is 0.237 e. The van der Waals surface area contributed by atoms with Crippen LogP contribution in [0.5, 0.6) is 0 Å². The minimum Gasteiger partial charge on any atom is -0.288 e. The fourth-order valence-corrected chi connectivity index (χ4v) is 2.10. The molecule has 0 radical (unpaired) electrons. The number of hydrogen-bond donors (Lipinski definition) is 1. The van der Waals surface area contributed by atoms with Crippen LogP contribution in [-0.4, -0.2) is 23.5 Å². The van der Waals surface area contributed by atoms with Gasteiger partial charge in [0.2, 0.25) is 5.91 Å². The van der Waals surface area contributed by atoms with Crippen LogP contribution in [0.15, 0.2) is 0 Å². The van der Waals surface area contributed by atoms with Gasteiger partial charge < -0.3 is 0 Å². The Kier molecular flexibility index (Phi) is 1.88. The normalized spacial score (nSPS) is 32.3. The van der Waals surface area contributed by atoms with E-state index in [4.69, 9.17) is 0 Å². The standard InChI is InChI=1S/C10H18N2O/c1-7(2)12-6-10(4-5-10)8(3)9(13)11-12/h7-8H,4-6H2,1-3H3,(H,11,13). The van der Waals surface area contributed by atoms with Gasteiger partial charge in [-0.15, -0.1) is 0 Å². The number of carbonyl (C=O) groups is 1. The monoisotopic (exact) mass is 182 g/mol. The van der Waals surface area contributed by atoms with E-state index in [9.17, 15) is 4.79 Å². The van der Waals surface area contributed by atoms with E-state index in [1.807, 2.05) is 0 Å². The molecule has 74 valence electrons. The Bertz CT molecular complexity index is 233. The maximum atomic E-state index is 11.6. The van der Waals surface area contributed by atoms with Gasteiger partial charge in [0.15, 0.2) is 0 Å². The van der Waals surface area contributed by atoms with Gasteiger partial charge in [0.05, 0.1) is 0 Å². The first-order valence-corrected chi connectivity index (χ1v) is 5.12. The Hall–Kier alpha value is -0.570. The van der Waals surface area contributed by atoms with Crippen molar-refractivity contribution in [3.05, 3.63) is 0 Å². The predicted octanol–water partition coefficient (Wildman–Crippen LogP) is 1.16. The summed E-state index contributed by atoms with van der Waals surface area (Å²) < 4.78 is 0. The van der Waals surface area contributed by atoms with Crippen LogP contribution in [0.4, 0.5) is 0 Å². The first kappa shape index (κ1) is 9.00. The Morgan fingerprint density at radius 3 is 2.62 bits per heavy atom. The topological polar surface area (TPSA) is 32.3 Å². The molecule has 1 spiro atoms. The molecule has 0 aromatic carbocycles. The molecule has 13 heavy (non-hydrogen) atoms. The molecule has 3 nitrogen and oxygen atoms in total. The third-order valence-electron chi connectivity index (χ3n) is 3.57. The molecule has 1 saturated heterocycles. The summed E-state index contributed by atoms with van der Waals surface area (Å²) >= 11 is 0. The third kappa shape index (κ3) is 1.35. The van der Waals surface area contributed by atoms with E-state index in [1.165, 1.54) is 12.8 Å². The van der Waals surface area contributed by atoms with Crippen molar-refractivity contribution in [1.29, 1.82) is 0 Å². The Balaban J connectivity index is 2.11. The zero-order chi connectivity index (χ0) is 9.64. The second kappa shape index (κ2) is 2.71. The lowest BCUT2D eigenvalue weighted by Crippen LogP contribution is -2.57. The molecule has 1 atom stereocenters. The van der Waals surface area contributed by atoms with Gasteiger partial charge in [0.1, 0.15) is 0 Å². The predicted molar refractivity (Wildman–Crippen MR) is 50.8 cm³/mol. The summed E-state index contributed by atoms with van der Waals surface area (Å²) in [7, 11) is 0. The Labute approximate surface area is 79.5 Å². The SMILES string of the molecule is CC(C)N1CC2(CC2)C(C)C(=O)N1. The summed E-state index contributed by atoms with van der Waals surface area (Å²) in [5, 5.41) is 2.08. The van der Waals surface area contributed by atoms with Gasteiger partial charge in [0, 0.05) is 18.5 Å². The maximum Gasteiger partial charge on any atom is 0.237 e. The Morgan fingerprint density at radius 1 is 1.54 bits per heavy atom. The molecule has 1 heterocycles. The van der Waals surface area contributed by atoms with E-state index in [0.29, 0.717) is 11.5 Å². The second-order valence-electron chi connectivity index (χ2n) is 4.78. The number of carbonyl (C=O) groups excluding carboxylic acids is 1. The lowest BCUT2D eigenvalue weighted by molar-refractivity contribution is -0.139. The molecule has 1 amide bonds. The van der Waals surface area contributed by atoms with Crippen molar-refractivity contribution < 1.29 is 4.79 Å². The molecule has 0 bridgehead atoms. The number of hydrogen-bond acceptors (Lipinski definition) is 2. The van der Waals surface area contributed by atoms with Gasteiger partial charge >= 0.3 is 0 Å². The van der Waals surface area contributed by atoms with E-state index in [-0.39, 0.29) is 11.8 Å². The molecule has 2 aliphatic rings. The highest BCUT2D eigenvalue weighted by Crippen LogP contribution is 2.53. The average Bonchev–Trinajstić information content (AvgIpc) is 2.81. The summed E-state index contributed by atoms with van der Waals surface area (Å²) in [6.07, 6.45) is 2.45. The van der Waals surface area contributed by atoms with Crippen molar-refractivity contribution >= 4 is 5.91 Å². The van der Waals surface area contributed by atoms with E-state index in [2.05, 4.69) is 31.2 Å². The molecule has 1 N–H and O–H groups in total. The minimum absolute atomic E-state index is 0.206. The van der Waals surface area contributed by atoms with Crippen LogP contribution in [0.25, 0.3) is 0 Å². The van der Waals surface area contributed by atoms with E-state index >= 15 is 0 Å². The van der Waals surface area contributed by atoms with Crippen LogP contribution in [0, 0.1) is 11.3 Å². The lowest BCUT2D eigenvalue weighted by atomic mass is 9.88. The largest absolute Gasteiger partial charge is 0.288 e. The van der Waals surface area contributed by atoms with Gasteiger partial charge in [-0.05, 0) is 32.1 Å². The number of nitrogens with one attached hydrogen (secondary N) is 1. The Morgan fingerprint density at radius 2 is 2.15 bits per heavy atom. The maximum absolute atomic E-state index is 11.6. The van der Waals surface area contributed by atoms with Crippen LogP contribution in [0.2, 0.25) is 0 Å². The van der Waals surface area contributed by atoms with Crippen LogP contribution >= 0.6 is 0 Å². The zero-order valence-electron chi connectivity index (χ0n) is 8.63. The van der Waals surface area contributed by atoms with Crippen molar-refractivity contribution in [1.82, 2.24) is 10.4 Å². The van der Waals surface area contributed by atoms with Gasteiger partial charge in [-0.1, -0.05) is 6.92 Å². The quantitative estimate of drug-likeness (QED) is 0.660. The van der Waals surface area contributed by atoms with Crippen molar-refractivity contribution in [3.8, 4) is 0 Å². The lowest BCUT2D eigenvalue weighted by Gasteiger charge is -2.39. The number of rotatable bonds is 1. The van der Waals surface area contributed by atoms with Gasteiger partial charge in [-0.3, -0.25) is 10.2 Å². The highest BCUT2D eigenvalue weighted by Gasteiger charge is 2.54. The summed E-state index contributed by atoms with van der Waals surface area (Å²) in [6.45, 7) is 7.33. The summed E-state index contributed by atoms with van der Waals surface area (Å²) in [6, 6.07) is 0.411.